The number of pyridine rings is 1. The number of benzene rings is 1. The maximum atomic E-state index is 12.4. The first-order chi connectivity index (χ1) is 11.7. The van der Waals surface area contributed by atoms with Crippen LogP contribution in [0.2, 0.25) is 0 Å². The molecule has 0 saturated carbocycles. The zero-order chi connectivity index (χ0) is 16.8. The van der Waals surface area contributed by atoms with Crippen LogP contribution in [0.15, 0.2) is 48.8 Å². The highest BCUT2D eigenvalue weighted by atomic mass is 16.5. The molecule has 1 amide bonds. The molecule has 1 aromatic carbocycles. The lowest BCUT2D eigenvalue weighted by atomic mass is 10.2. The molecular formula is C19H23N3O2. The molecule has 0 unspecified atom stereocenters. The molecule has 5 heteroatoms. The quantitative estimate of drug-likeness (QED) is 0.846. The number of aromatic nitrogens is 1. The lowest BCUT2D eigenvalue weighted by Crippen LogP contribution is -2.49. The molecule has 0 aliphatic carbocycles. The van der Waals surface area contributed by atoms with Gasteiger partial charge in [-0.05, 0) is 31.2 Å². The molecule has 24 heavy (non-hydrogen) atoms. The predicted octanol–water partition coefficient (Wildman–Crippen LogP) is 2.23. The van der Waals surface area contributed by atoms with Crippen molar-refractivity contribution in [3.05, 3.63) is 59.9 Å². The second kappa shape index (κ2) is 7.93. The van der Waals surface area contributed by atoms with Crippen molar-refractivity contribution in [1.82, 2.24) is 14.8 Å². The molecule has 1 aliphatic heterocycles. The summed E-state index contributed by atoms with van der Waals surface area (Å²) in [5.41, 5.74) is 1.89. The summed E-state index contributed by atoms with van der Waals surface area (Å²) in [6.07, 6.45) is 3.31. The predicted molar refractivity (Wildman–Crippen MR) is 93.3 cm³/mol. The Hall–Kier alpha value is -2.40. The number of ether oxygens (including phenoxy) is 1. The highest BCUT2D eigenvalue weighted by Crippen LogP contribution is 2.12. The van der Waals surface area contributed by atoms with Crippen LogP contribution in [-0.2, 0) is 0 Å². The van der Waals surface area contributed by atoms with E-state index in [1.54, 1.807) is 18.5 Å². The Bertz CT molecular complexity index is 650. The molecule has 0 N–H and O–H groups in total. The molecule has 0 spiro atoms. The summed E-state index contributed by atoms with van der Waals surface area (Å²) in [5, 5.41) is 0. The van der Waals surface area contributed by atoms with E-state index in [-0.39, 0.29) is 5.91 Å². The molecule has 0 atom stereocenters. The average molecular weight is 325 g/mol. The second-order valence-electron chi connectivity index (χ2n) is 6.04. The van der Waals surface area contributed by atoms with Crippen LogP contribution in [0.5, 0.6) is 5.75 Å². The number of carbonyl (C=O) groups excluding carboxylic acids is 1. The van der Waals surface area contributed by atoms with Crippen molar-refractivity contribution in [3.8, 4) is 5.75 Å². The van der Waals surface area contributed by atoms with Gasteiger partial charge in [-0.3, -0.25) is 14.7 Å². The Kier molecular flexibility index (Phi) is 5.43. The van der Waals surface area contributed by atoms with Crippen LogP contribution >= 0.6 is 0 Å². The number of piperazine rings is 1. The lowest BCUT2D eigenvalue weighted by Gasteiger charge is -2.34. The second-order valence-corrected chi connectivity index (χ2v) is 6.04. The van der Waals surface area contributed by atoms with Gasteiger partial charge in [-0.1, -0.05) is 17.7 Å². The summed E-state index contributed by atoms with van der Waals surface area (Å²) in [6.45, 7) is 6.86. The molecule has 1 saturated heterocycles. The van der Waals surface area contributed by atoms with E-state index < -0.39 is 0 Å². The highest BCUT2D eigenvalue weighted by molar-refractivity contribution is 5.93. The maximum absolute atomic E-state index is 12.4. The van der Waals surface area contributed by atoms with Gasteiger partial charge in [0.25, 0.3) is 5.91 Å². The van der Waals surface area contributed by atoms with E-state index in [2.05, 4.69) is 28.9 Å². The largest absolute Gasteiger partial charge is 0.492 e. The molecule has 0 bridgehead atoms. The van der Waals surface area contributed by atoms with Gasteiger partial charge in [0.15, 0.2) is 0 Å². The van der Waals surface area contributed by atoms with E-state index in [9.17, 15) is 4.79 Å². The molecule has 0 radical (unpaired) electrons. The third kappa shape index (κ3) is 4.32. The average Bonchev–Trinajstić information content (AvgIpc) is 2.64. The maximum Gasteiger partial charge on any atom is 0.255 e. The van der Waals surface area contributed by atoms with E-state index in [1.165, 1.54) is 5.56 Å². The van der Waals surface area contributed by atoms with Crippen LogP contribution < -0.4 is 4.74 Å². The summed E-state index contributed by atoms with van der Waals surface area (Å²) in [4.78, 5) is 20.6. The van der Waals surface area contributed by atoms with E-state index in [0.717, 1.165) is 38.5 Å². The molecular weight excluding hydrogens is 302 g/mol. The van der Waals surface area contributed by atoms with Crippen LogP contribution in [0.1, 0.15) is 15.9 Å². The number of hydrogen-bond donors (Lipinski definition) is 0. The minimum absolute atomic E-state index is 0.0682. The van der Waals surface area contributed by atoms with Gasteiger partial charge in [0.2, 0.25) is 0 Å². The summed E-state index contributed by atoms with van der Waals surface area (Å²) in [7, 11) is 0. The zero-order valence-corrected chi connectivity index (χ0v) is 14.0. The number of aryl methyl sites for hydroxylation is 1. The Morgan fingerprint density at radius 3 is 2.54 bits per heavy atom. The molecule has 1 aromatic heterocycles. The van der Waals surface area contributed by atoms with Crippen molar-refractivity contribution in [3.63, 3.8) is 0 Å². The third-order valence-corrected chi connectivity index (χ3v) is 4.27. The smallest absolute Gasteiger partial charge is 0.255 e. The Morgan fingerprint density at radius 2 is 1.88 bits per heavy atom. The summed E-state index contributed by atoms with van der Waals surface area (Å²) >= 11 is 0. The number of hydrogen-bond acceptors (Lipinski definition) is 4. The van der Waals surface area contributed by atoms with Gasteiger partial charge >= 0.3 is 0 Å². The molecule has 5 nitrogen and oxygen atoms in total. The molecule has 3 rings (SSSR count). The van der Waals surface area contributed by atoms with Crippen molar-refractivity contribution >= 4 is 5.91 Å². The Labute approximate surface area is 142 Å². The van der Waals surface area contributed by atoms with Crippen molar-refractivity contribution in [2.45, 2.75) is 6.92 Å². The van der Waals surface area contributed by atoms with E-state index in [0.29, 0.717) is 12.2 Å². The molecule has 2 heterocycles. The first-order valence-electron chi connectivity index (χ1n) is 8.33. The van der Waals surface area contributed by atoms with Crippen molar-refractivity contribution < 1.29 is 9.53 Å². The van der Waals surface area contributed by atoms with Gasteiger partial charge < -0.3 is 9.64 Å². The molecule has 2 aromatic rings. The number of amides is 1. The van der Waals surface area contributed by atoms with Crippen LogP contribution in [0, 0.1) is 6.92 Å². The monoisotopic (exact) mass is 325 g/mol. The van der Waals surface area contributed by atoms with E-state index in [4.69, 9.17) is 4.74 Å². The third-order valence-electron chi connectivity index (χ3n) is 4.27. The SMILES string of the molecule is Cc1ccc(OCCN2CCN(C(=O)c3cccnc3)CC2)cc1. The normalized spacial score (nSPS) is 15.3. The van der Waals surface area contributed by atoms with Gasteiger partial charge in [-0.15, -0.1) is 0 Å². The van der Waals surface area contributed by atoms with Gasteiger partial charge in [-0.2, -0.15) is 0 Å². The summed E-state index contributed by atoms with van der Waals surface area (Å²) in [6, 6.07) is 11.7. The van der Waals surface area contributed by atoms with Crippen LogP contribution in [0.4, 0.5) is 0 Å². The van der Waals surface area contributed by atoms with Crippen molar-refractivity contribution in [1.29, 1.82) is 0 Å². The summed E-state index contributed by atoms with van der Waals surface area (Å²) < 4.78 is 5.78. The van der Waals surface area contributed by atoms with Crippen LogP contribution in [0.3, 0.4) is 0 Å². The number of rotatable bonds is 5. The molecule has 1 aliphatic rings. The Morgan fingerprint density at radius 1 is 1.12 bits per heavy atom. The van der Waals surface area contributed by atoms with Gasteiger partial charge in [-0.25, -0.2) is 0 Å². The topological polar surface area (TPSA) is 45.7 Å². The fourth-order valence-corrected chi connectivity index (χ4v) is 2.77. The minimum Gasteiger partial charge on any atom is -0.492 e. The number of carbonyl (C=O) groups is 1. The first-order valence-corrected chi connectivity index (χ1v) is 8.33. The zero-order valence-electron chi connectivity index (χ0n) is 14.0. The fraction of sp³-hybridized carbons (Fsp3) is 0.368. The van der Waals surface area contributed by atoms with Gasteiger partial charge in [0.05, 0.1) is 5.56 Å². The lowest BCUT2D eigenvalue weighted by molar-refractivity contribution is 0.0620. The van der Waals surface area contributed by atoms with Crippen molar-refractivity contribution in [2.75, 3.05) is 39.3 Å². The van der Waals surface area contributed by atoms with Crippen LogP contribution in [-0.4, -0.2) is 60.0 Å². The van der Waals surface area contributed by atoms with Gasteiger partial charge in [0.1, 0.15) is 12.4 Å². The first kappa shape index (κ1) is 16.5. The van der Waals surface area contributed by atoms with E-state index in [1.807, 2.05) is 23.1 Å². The summed E-state index contributed by atoms with van der Waals surface area (Å²) in [5.74, 6) is 0.977. The fourth-order valence-electron chi connectivity index (χ4n) is 2.77. The van der Waals surface area contributed by atoms with Crippen molar-refractivity contribution in [2.24, 2.45) is 0 Å². The Balaban J connectivity index is 1.40. The standard InChI is InChI=1S/C19H23N3O2/c1-16-4-6-18(7-5-16)24-14-13-21-9-11-22(12-10-21)19(23)17-3-2-8-20-15-17/h2-8,15H,9-14H2,1H3. The number of nitrogens with zero attached hydrogens (tertiary/aromatic N) is 3. The molecule has 1 fully saturated rings. The van der Waals surface area contributed by atoms with Gasteiger partial charge in [0, 0.05) is 45.1 Å². The minimum atomic E-state index is 0.0682. The van der Waals surface area contributed by atoms with E-state index >= 15 is 0 Å². The molecule has 126 valence electrons. The van der Waals surface area contributed by atoms with Crippen LogP contribution in [0.25, 0.3) is 0 Å². The highest BCUT2D eigenvalue weighted by Gasteiger charge is 2.21.